The van der Waals surface area contributed by atoms with Crippen molar-refractivity contribution in [3.05, 3.63) is 59.4 Å². The molecule has 1 aliphatic heterocycles. The molecule has 0 spiro atoms. The molecule has 0 aromatic heterocycles. The fraction of sp³-hybridized carbons (Fsp3) is 0.529. The van der Waals surface area contributed by atoms with Crippen LogP contribution in [0.3, 0.4) is 0 Å². The minimum absolute atomic E-state index is 0.195. The topological polar surface area (TPSA) is 95.6 Å². The molecule has 3 rings (SSSR count). The lowest BCUT2D eigenvalue weighted by Gasteiger charge is -2.34. The summed E-state index contributed by atoms with van der Waals surface area (Å²) >= 11 is 0. The molecule has 0 aliphatic carbocycles. The number of hydrogen-bond acceptors (Lipinski definition) is 9. The summed E-state index contributed by atoms with van der Waals surface area (Å²) in [6.07, 6.45) is 6.26. The third-order valence-electron chi connectivity index (χ3n) is 7.09. The highest BCUT2D eigenvalue weighted by Crippen LogP contribution is 2.33. The monoisotopic (exact) mass is 596 g/mol. The molecule has 2 aromatic carbocycles. The van der Waals surface area contributed by atoms with Gasteiger partial charge in [-0.05, 0) is 48.6 Å². The highest BCUT2D eigenvalue weighted by molar-refractivity contribution is 6.16. The first-order valence-electron chi connectivity index (χ1n) is 15.2. The average Bonchev–Trinajstić information content (AvgIpc) is 2.95. The zero-order valence-electron chi connectivity index (χ0n) is 26.8. The fourth-order valence-corrected chi connectivity index (χ4v) is 4.68. The molecule has 236 valence electrons. The molecule has 0 atom stereocenters. The van der Waals surface area contributed by atoms with Gasteiger partial charge in [0.05, 0.1) is 26.5 Å². The standard InChI is InChI=1S/C34H48N2O7/c1-8-9-10-11-12-20-36(23-25-13-15-26(16-14-25)41-21-19-24(2)3)31(30-32(37)42-34(4,5)43-33(30)38)35-28-18-17-27(39-6)22-29(28)40-7/h13-18,22,24,35H,8-12,19-21,23H2,1-7H3. The van der Waals surface area contributed by atoms with Crippen molar-refractivity contribution in [1.29, 1.82) is 0 Å². The van der Waals surface area contributed by atoms with E-state index in [-0.39, 0.29) is 5.57 Å². The number of carbonyl (C=O) groups excluding carboxylic acids is 2. The lowest BCUT2D eigenvalue weighted by Crippen LogP contribution is -2.44. The van der Waals surface area contributed by atoms with Crippen molar-refractivity contribution in [2.45, 2.75) is 85.5 Å². The quantitative estimate of drug-likeness (QED) is 0.0891. The zero-order chi connectivity index (χ0) is 31.4. The highest BCUT2D eigenvalue weighted by Gasteiger charge is 2.42. The second-order valence-corrected chi connectivity index (χ2v) is 11.6. The number of carbonyl (C=O) groups is 2. The second kappa shape index (κ2) is 16.1. The van der Waals surface area contributed by atoms with Crippen LogP contribution in [0.15, 0.2) is 53.9 Å². The number of esters is 2. The van der Waals surface area contributed by atoms with Gasteiger partial charge >= 0.3 is 11.9 Å². The van der Waals surface area contributed by atoms with E-state index in [2.05, 4.69) is 26.1 Å². The molecule has 9 nitrogen and oxygen atoms in total. The summed E-state index contributed by atoms with van der Waals surface area (Å²) in [5, 5.41) is 3.33. The van der Waals surface area contributed by atoms with Crippen LogP contribution >= 0.6 is 0 Å². The molecule has 1 saturated heterocycles. The molecule has 1 N–H and O–H groups in total. The third-order valence-corrected chi connectivity index (χ3v) is 7.09. The van der Waals surface area contributed by atoms with Crippen LogP contribution in [0.1, 0.15) is 78.7 Å². The average molecular weight is 597 g/mol. The number of nitrogens with zero attached hydrogens (tertiary/aromatic N) is 1. The lowest BCUT2D eigenvalue weighted by molar-refractivity contribution is -0.222. The summed E-state index contributed by atoms with van der Waals surface area (Å²) in [5.74, 6) is -0.103. The molecular weight excluding hydrogens is 548 g/mol. The van der Waals surface area contributed by atoms with Crippen molar-refractivity contribution in [2.24, 2.45) is 5.92 Å². The molecule has 1 fully saturated rings. The maximum atomic E-state index is 13.4. The Morgan fingerprint density at radius 3 is 2.16 bits per heavy atom. The van der Waals surface area contributed by atoms with Crippen LogP contribution in [0.2, 0.25) is 0 Å². The van der Waals surface area contributed by atoms with Gasteiger partial charge in [-0.2, -0.15) is 0 Å². The van der Waals surface area contributed by atoms with Gasteiger partial charge in [0.15, 0.2) is 5.57 Å². The molecule has 0 unspecified atom stereocenters. The van der Waals surface area contributed by atoms with Crippen molar-refractivity contribution < 1.29 is 33.3 Å². The SMILES string of the molecule is CCCCCCCN(Cc1ccc(OCCC(C)C)cc1)C(Nc1ccc(OC)cc1OC)=C1C(=O)OC(C)(C)OC1=O. The van der Waals surface area contributed by atoms with Crippen molar-refractivity contribution in [3.63, 3.8) is 0 Å². The molecule has 0 radical (unpaired) electrons. The van der Waals surface area contributed by atoms with E-state index >= 15 is 0 Å². The van der Waals surface area contributed by atoms with Gasteiger partial charge in [-0.25, -0.2) is 9.59 Å². The van der Waals surface area contributed by atoms with E-state index in [1.807, 2.05) is 29.2 Å². The largest absolute Gasteiger partial charge is 0.497 e. The summed E-state index contributed by atoms with van der Waals surface area (Å²) in [6.45, 7) is 11.3. The van der Waals surface area contributed by atoms with Crippen LogP contribution in [0, 0.1) is 5.92 Å². The van der Waals surface area contributed by atoms with Crippen LogP contribution in [-0.4, -0.2) is 50.0 Å². The predicted molar refractivity (Wildman–Crippen MR) is 167 cm³/mol. The number of hydrogen-bond donors (Lipinski definition) is 1. The first-order chi connectivity index (χ1) is 20.6. The van der Waals surface area contributed by atoms with Crippen LogP contribution in [0.25, 0.3) is 0 Å². The van der Waals surface area contributed by atoms with E-state index in [4.69, 9.17) is 23.7 Å². The molecule has 43 heavy (non-hydrogen) atoms. The van der Waals surface area contributed by atoms with E-state index in [0.29, 0.717) is 48.6 Å². The van der Waals surface area contributed by atoms with Crippen molar-refractivity contribution in [3.8, 4) is 17.2 Å². The number of anilines is 1. The number of cyclic esters (lactones) is 2. The maximum absolute atomic E-state index is 13.4. The molecule has 9 heteroatoms. The van der Waals surface area contributed by atoms with Crippen LogP contribution < -0.4 is 19.5 Å². The second-order valence-electron chi connectivity index (χ2n) is 11.6. The Balaban J connectivity index is 2.01. The Morgan fingerprint density at radius 1 is 0.907 bits per heavy atom. The summed E-state index contributed by atoms with van der Waals surface area (Å²) in [6, 6.07) is 13.2. The van der Waals surface area contributed by atoms with Crippen LogP contribution in [0.4, 0.5) is 5.69 Å². The molecular formula is C34H48N2O7. The smallest absolute Gasteiger partial charge is 0.352 e. The Labute approximate surface area is 256 Å². The van der Waals surface area contributed by atoms with Gasteiger partial charge in [0.1, 0.15) is 23.1 Å². The Kier molecular flexibility index (Phi) is 12.6. The normalized spacial score (nSPS) is 14.2. The highest BCUT2D eigenvalue weighted by atomic mass is 16.7. The first kappa shape index (κ1) is 33.6. The van der Waals surface area contributed by atoms with E-state index in [0.717, 1.165) is 49.8 Å². The maximum Gasteiger partial charge on any atom is 0.352 e. The van der Waals surface area contributed by atoms with Gasteiger partial charge in [0.2, 0.25) is 0 Å². The molecule has 0 amide bonds. The van der Waals surface area contributed by atoms with Gasteiger partial charge in [-0.1, -0.05) is 58.6 Å². The Morgan fingerprint density at radius 2 is 1.56 bits per heavy atom. The minimum atomic E-state index is -1.36. The number of methoxy groups -OCH3 is 2. The number of benzene rings is 2. The summed E-state index contributed by atoms with van der Waals surface area (Å²) in [5.41, 5.74) is 1.35. The minimum Gasteiger partial charge on any atom is -0.497 e. The number of nitrogens with one attached hydrogen (secondary N) is 1. The van der Waals surface area contributed by atoms with Crippen LogP contribution in [0.5, 0.6) is 17.2 Å². The first-order valence-corrected chi connectivity index (χ1v) is 15.2. The van der Waals surface area contributed by atoms with Gasteiger partial charge in [-0.15, -0.1) is 0 Å². The lowest BCUT2D eigenvalue weighted by atomic mass is 10.1. The van der Waals surface area contributed by atoms with Gasteiger partial charge in [0, 0.05) is 33.0 Å². The predicted octanol–water partition coefficient (Wildman–Crippen LogP) is 7.06. The van der Waals surface area contributed by atoms with Crippen molar-refractivity contribution in [1.82, 2.24) is 4.90 Å². The summed E-state index contributed by atoms with van der Waals surface area (Å²) < 4.78 is 27.9. The van der Waals surface area contributed by atoms with Crippen molar-refractivity contribution >= 4 is 17.6 Å². The number of ether oxygens (including phenoxy) is 5. The summed E-state index contributed by atoms with van der Waals surface area (Å²) in [7, 11) is 3.13. The summed E-state index contributed by atoms with van der Waals surface area (Å²) in [4.78, 5) is 28.7. The molecule has 1 aliphatic rings. The van der Waals surface area contributed by atoms with E-state index in [1.54, 1.807) is 32.4 Å². The molecule has 0 bridgehead atoms. The van der Waals surface area contributed by atoms with Crippen LogP contribution in [-0.2, 0) is 25.6 Å². The molecule has 0 saturated carbocycles. The van der Waals surface area contributed by atoms with E-state index < -0.39 is 17.7 Å². The Bertz CT molecular complexity index is 1220. The van der Waals surface area contributed by atoms with Gasteiger partial charge in [0.25, 0.3) is 5.79 Å². The third kappa shape index (κ3) is 10.1. The Hall–Kier alpha value is -3.88. The number of unbranched alkanes of at least 4 members (excludes halogenated alkanes) is 4. The van der Waals surface area contributed by atoms with Gasteiger partial charge < -0.3 is 33.9 Å². The zero-order valence-corrected chi connectivity index (χ0v) is 26.8. The van der Waals surface area contributed by atoms with Crippen molar-refractivity contribution in [2.75, 3.05) is 32.7 Å². The molecule has 1 heterocycles. The van der Waals surface area contributed by atoms with Gasteiger partial charge in [-0.3, -0.25) is 0 Å². The molecule has 2 aromatic rings. The number of rotatable bonds is 17. The van der Waals surface area contributed by atoms with E-state index in [1.165, 1.54) is 13.8 Å². The fourth-order valence-electron chi connectivity index (χ4n) is 4.68. The van der Waals surface area contributed by atoms with E-state index in [9.17, 15) is 9.59 Å².